The van der Waals surface area contributed by atoms with E-state index in [-0.39, 0.29) is 5.91 Å². The van der Waals surface area contributed by atoms with Crippen LogP contribution in [0.4, 0.5) is 11.6 Å². The van der Waals surface area contributed by atoms with E-state index < -0.39 is 0 Å². The molecule has 2 aromatic heterocycles. The first kappa shape index (κ1) is 17.3. The number of H-pyrrole nitrogens is 1. The third kappa shape index (κ3) is 3.56. The first-order valence-corrected chi connectivity index (χ1v) is 8.79. The number of anilines is 2. The number of fused-ring (bicyclic) bond motifs is 1. The molecule has 0 aliphatic carbocycles. The molecular weight excluding hydrogens is 346 g/mol. The van der Waals surface area contributed by atoms with Gasteiger partial charge >= 0.3 is 0 Å². The number of rotatable bonds is 4. The second kappa shape index (κ2) is 7.24. The van der Waals surface area contributed by atoms with Crippen molar-refractivity contribution < 1.29 is 14.3 Å². The molecule has 8 heteroatoms. The molecule has 8 nitrogen and oxygen atoms in total. The number of nitrogens with zero attached hydrogens (tertiary/aromatic N) is 3. The molecule has 27 heavy (non-hydrogen) atoms. The maximum absolute atomic E-state index is 13.1. The number of benzene rings is 1. The predicted molar refractivity (Wildman–Crippen MR) is 102 cm³/mol. The standard InChI is InChI=1S/C19H21N5O3/c1-12-9-17(23-22-12)20-16-11-13-10-14(26-2)3-4-15(13)18(21-16)19(25)24-5-7-27-8-6-24/h3-4,9-11H,5-8H2,1-2H3,(H2,20,21,22,23). The van der Waals surface area contributed by atoms with Gasteiger partial charge in [0.1, 0.15) is 17.3 Å². The summed E-state index contributed by atoms with van der Waals surface area (Å²) in [7, 11) is 1.62. The number of amides is 1. The van der Waals surface area contributed by atoms with Crippen molar-refractivity contribution in [3.63, 3.8) is 0 Å². The summed E-state index contributed by atoms with van der Waals surface area (Å²) < 4.78 is 10.7. The van der Waals surface area contributed by atoms with Gasteiger partial charge in [-0.2, -0.15) is 5.10 Å². The maximum Gasteiger partial charge on any atom is 0.273 e. The molecule has 3 aromatic rings. The van der Waals surface area contributed by atoms with Gasteiger partial charge in [-0.05, 0) is 36.6 Å². The topological polar surface area (TPSA) is 92.4 Å². The summed E-state index contributed by atoms with van der Waals surface area (Å²) in [6.07, 6.45) is 0. The molecule has 1 amide bonds. The fourth-order valence-electron chi connectivity index (χ4n) is 3.12. The highest BCUT2D eigenvalue weighted by atomic mass is 16.5. The van der Waals surface area contributed by atoms with Crippen molar-refractivity contribution in [1.82, 2.24) is 20.1 Å². The van der Waals surface area contributed by atoms with Gasteiger partial charge in [0.2, 0.25) is 0 Å². The summed E-state index contributed by atoms with van der Waals surface area (Å²) in [5.74, 6) is 1.82. The van der Waals surface area contributed by atoms with Gasteiger partial charge in [-0.25, -0.2) is 4.98 Å². The first-order chi connectivity index (χ1) is 13.1. The Kier molecular flexibility index (Phi) is 4.64. The Labute approximate surface area is 156 Å². The minimum absolute atomic E-state index is 0.102. The number of pyridine rings is 1. The molecule has 0 bridgehead atoms. The van der Waals surface area contributed by atoms with E-state index in [1.165, 1.54) is 0 Å². The molecule has 140 valence electrons. The van der Waals surface area contributed by atoms with Gasteiger partial charge in [0.25, 0.3) is 5.91 Å². The number of aryl methyl sites for hydroxylation is 1. The highest BCUT2D eigenvalue weighted by molar-refractivity contribution is 6.06. The number of aromatic nitrogens is 3. The lowest BCUT2D eigenvalue weighted by molar-refractivity contribution is 0.0300. The lowest BCUT2D eigenvalue weighted by Gasteiger charge is -2.27. The number of carbonyl (C=O) groups excluding carboxylic acids is 1. The zero-order chi connectivity index (χ0) is 18.8. The van der Waals surface area contributed by atoms with E-state index in [1.54, 1.807) is 12.0 Å². The molecular formula is C19H21N5O3. The molecule has 4 rings (SSSR count). The SMILES string of the molecule is COc1ccc2c(C(=O)N3CCOCC3)nc(Nc3cc(C)[nH]n3)cc2c1. The molecule has 1 saturated heterocycles. The predicted octanol–water partition coefficient (Wildman–Crippen LogP) is 2.49. The average molecular weight is 367 g/mol. The third-order valence-corrected chi connectivity index (χ3v) is 4.50. The number of carbonyl (C=O) groups is 1. The molecule has 0 atom stereocenters. The number of hydrogen-bond acceptors (Lipinski definition) is 6. The highest BCUT2D eigenvalue weighted by Gasteiger charge is 2.23. The van der Waals surface area contributed by atoms with Gasteiger partial charge in [0, 0.05) is 30.2 Å². The van der Waals surface area contributed by atoms with Crippen molar-refractivity contribution >= 4 is 28.3 Å². The summed E-state index contributed by atoms with van der Waals surface area (Å²) in [6, 6.07) is 9.37. The van der Waals surface area contributed by atoms with E-state index in [9.17, 15) is 4.79 Å². The van der Waals surface area contributed by atoms with E-state index in [0.29, 0.717) is 43.6 Å². The summed E-state index contributed by atoms with van der Waals surface area (Å²) in [5.41, 5.74) is 1.34. The Balaban J connectivity index is 1.77. The monoisotopic (exact) mass is 367 g/mol. The summed E-state index contributed by atoms with van der Waals surface area (Å²) in [6.45, 7) is 4.14. The molecule has 1 aliphatic heterocycles. The van der Waals surface area contributed by atoms with Crippen LogP contribution in [0.1, 0.15) is 16.2 Å². The van der Waals surface area contributed by atoms with E-state index >= 15 is 0 Å². The normalized spacial score (nSPS) is 14.4. The Morgan fingerprint density at radius 2 is 2.04 bits per heavy atom. The van der Waals surface area contributed by atoms with Crippen LogP contribution in [-0.4, -0.2) is 59.4 Å². The summed E-state index contributed by atoms with van der Waals surface area (Å²) in [5, 5.41) is 11.9. The van der Waals surface area contributed by atoms with E-state index in [0.717, 1.165) is 22.2 Å². The zero-order valence-corrected chi connectivity index (χ0v) is 15.3. The maximum atomic E-state index is 13.1. The Hall–Kier alpha value is -3.13. The Bertz CT molecular complexity index is 979. The molecule has 2 N–H and O–H groups in total. The van der Waals surface area contributed by atoms with Crippen LogP contribution in [0.25, 0.3) is 10.8 Å². The van der Waals surface area contributed by atoms with Crippen LogP contribution in [0, 0.1) is 6.92 Å². The summed E-state index contributed by atoms with van der Waals surface area (Å²) >= 11 is 0. The third-order valence-electron chi connectivity index (χ3n) is 4.50. The number of aromatic amines is 1. The van der Waals surface area contributed by atoms with Crippen LogP contribution in [0.3, 0.4) is 0 Å². The molecule has 0 saturated carbocycles. The zero-order valence-electron chi connectivity index (χ0n) is 15.3. The van der Waals surface area contributed by atoms with E-state index in [1.807, 2.05) is 37.3 Å². The first-order valence-electron chi connectivity index (χ1n) is 8.79. The van der Waals surface area contributed by atoms with Gasteiger partial charge in [-0.3, -0.25) is 9.89 Å². The lowest BCUT2D eigenvalue weighted by atomic mass is 10.1. The minimum Gasteiger partial charge on any atom is -0.497 e. The molecule has 0 unspecified atom stereocenters. The number of methoxy groups -OCH3 is 1. The van der Waals surface area contributed by atoms with Gasteiger partial charge in [-0.15, -0.1) is 0 Å². The molecule has 0 spiro atoms. The number of hydrogen-bond donors (Lipinski definition) is 2. The van der Waals surface area contributed by atoms with Gasteiger partial charge in [-0.1, -0.05) is 0 Å². The number of morpholine rings is 1. The molecule has 1 aromatic carbocycles. The van der Waals surface area contributed by atoms with Crippen LogP contribution in [-0.2, 0) is 4.74 Å². The van der Waals surface area contributed by atoms with Crippen LogP contribution < -0.4 is 10.1 Å². The molecule has 1 fully saturated rings. The molecule has 0 radical (unpaired) electrons. The van der Waals surface area contributed by atoms with Crippen molar-refractivity contribution in [2.75, 3.05) is 38.7 Å². The second-order valence-electron chi connectivity index (χ2n) is 6.41. The Morgan fingerprint density at radius 3 is 2.74 bits per heavy atom. The van der Waals surface area contributed by atoms with E-state index in [4.69, 9.17) is 9.47 Å². The van der Waals surface area contributed by atoms with Crippen LogP contribution in [0.15, 0.2) is 30.3 Å². The van der Waals surface area contributed by atoms with Crippen LogP contribution in [0.5, 0.6) is 5.75 Å². The van der Waals surface area contributed by atoms with Crippen molar-refractivity contribution in [3.05, 3.63) is 41.7 Å². The quantitative estimate of drug-likeness (QED) is 0.736. The van der Waals surface area contributed by atoms with Crippen molar-refractivity contribution in [3.8, 4) is 5.75 Å². The molecule has 3 heterocycles. The van der Waals surface area contributed by atoms with Crippen LogP contribution in [0.2, 0.25) is 0 Å². The van der Waals surface area contributed by atoms with Gasteiger partial charge < -0.3 is 19.7 Å². The van der Waals surface area contributed by atoms with Gasteiger partial charge in [0.15, 0.2) is 5.82 Å². The van der Waals surface area contributed by atoms with Crippen LogP contribution >= 0.6 is 0 Å². The van der Waals surface area contributed by atoms with Crippen molar-refractivity contribution in [1.29, 1.82) is 0 Å². The van der Waals surface area contributed by atoms with Gasteiger partial charge in [0.05, 0.1) is 20.3 Å². The summed E-state index contributed by atoms with van der Waals surface area (Å²) in [4.78, 5) is 19.5. The fourth-order valence-corrected chi connectivity index (χ4v) is 3.12. The van der Waals surface area contributed by atoms with Crippen molar-refractivity contribution in [2.24, 2.45) is 0 Å². The smallest absolute Gasteiger partial charge is 0.273 e. The van der Waals surface area contributed by atoms with Crippen molar-refractivity contribution in [2.45, 2.75) is 6.92 Å². The van der Waals surface area contributed by atoms with E-state index in [2.05, 4.69) is 20.5 Å². The lowest BCUT2D eigenvalue weighted by Crippen LogP contribution is -2.41. The number of nitrogens with one attached hydrogen (secondary N) is 2. The largest absolute Gasteiger partial charge is 0.497 e. The highest BCUT2D eigenvalue weighted by Crippen LogP contribution is 2.27. The minimum atomic E-state index is -0.102. The fraction of sp³-hybridized carbons (Fsp3) is 0.316. The second-order valence-corrected chi connectivity index (χ2v) is 6.41. The Morgan fingerprint density at radius 1 is 1.22 bits per heavy atom. The average Bonchev–Trinajstić information content (AvgIpc) is 3.11. The molecule has 1 aliphatic rings. The number of ether oxygens (including phenoxy) is 2.